The Kier molecular flexibility index (Phi) is 4.92. The van der Waals surface area contributed by atoms with Crippen molar-refractivity contribution in [1.29, 1.82) is 0 Å². The average molecular weight is 385 g/mol. The Morgan fingerprint density at radius 2 is 1.69 bits per heavy atom. The molecule has 0 unspecified atom stereocenters. The Bertz CT molecular complexity index is 1090. The molecule has 0 atom stereocenters. The number of rotatable bonds is 7. The summed E-state index contributed by atoms with van der Waals surface area (Å²) in [4.78, 5) is 4.71. The van der Waals surface area contributed by atoms with Crippen LogP contribution in [0.1, 0.15) is 29.3 Å². The topological polar surface area (TPSA) is 57.8 Å². The number of fused-ring (bicyclic) bond motifs is 1. The molecule has 1 aliphatic heterocycles. The smallest absolute Gasteiger partial charge is 0.153 e. The van der Waals surface area contributed by atoms with Crippen LogP contribution in [0.4, 0.5) is 0 Å². The van der Waals surface area contributed by atoms with Crippen molar-refractivity contribution in [3.63, 3.8) is 0 Å². The Hall–Kier alpha value is -3.25. The first-order valence-corrected chi connectivity index (χ1v) is 10.0. The van der Waals surface area contributed by atoms with E-state index in [9.17, 15) is 0 Å². The molecule has 0 bridgehead atoms. The van der Waals surface area contributed by atoms with Crippen LogP contribution in [0.25, 0.3) is 11.3 Å². The molecule has 0 radical (unpaired) electrons. The van der Waals surface area contributed by atoms with Crippen molar-refractivity contribution in [3.8, 4) is 11.3 Å². The minimum absolute atomic E-state index is 0.486. The molecule has 0 aliphatic carbocycles. The van der Waals surface area contributed by atoms with E-state index in [1.807, 2.05) is 42.7 Å². The molecule has 2 aromatic carbocycles. The van der Waals surface area contributed by atoms with Crippen molar-refractivity contribution in [2.75, 3.05) is 0 Å². The van der Waals surface area contributed by atoms with E-state index in [4.69, 9.17) is 9.72 Å². The molecule has 29 heavy (non-hydrogen) atoms. The zero-order chi connectivity index (χ0) is 19.5. The quantitative estimate of drug-likeness (QED) is 0.485. The van der Waals surface area contributed by atoms with E-state index in [1.165, 1.54) is 0 Å². The van der Waals surface area contributed by atoms with Gasteiger partial charge in [-0.05, 0) is 12.0 Å². The molecule has 1 aliphatic rings. The lowest BCUT2D eigenvalue weighted by Gasteiger charge is -2.11. The van der Waals surface area contributed by atoms with Crippen LogP contribution in [-0.2, 0) is 37.5 Å². The average Bonchev–Trinajstić information content (AvgIpc) is 3.48. The molecule has 0 saturated carbocycles. The molecular formula is C23H23N5O. The van der Waals surface area contributed by atoms with Crippen LogP contribution < -0.4 is 0 Å². The second-order valence-electron chi connectivity index (χ2n) is 7.30. The first-order valence-electron chi connectivity index (χ1n) is 10.0. The minimum Gasteiger partial charge on any atom is -0.370 e. The van der Waals surface area contributed by atoms with E-state index in [1.54, 1.807) is 0 Å². The van der Waals surface area contributed by atoms with Gasteiger partial charge in [0.25, 0.3) is 0 Å². The number of nitrogens with zero attached hydrogens (tertiary/aromatic N) is 5. The van der Waals surface area contributed by atoms with Crippen LogP contribution in [0, 0.1) is 0 Å². The van der Waals surface area contributed by atoms with Gasteiger partial charge in [0, 0.05) is 18.5 Å². The zero-order valence-corrected chi connectivity index (χ0v) is 16.2. The first kappa shape index (κ1) is 17.8. The largest absolute Gasteiger partial charge is 0.370 e. The zero-order valence-electron chi connectivity index (χ0n) is 16.2. The molecule has 4 aromatic rings. The molecule has 0 fully saturated rings. The molecule has 3 heterocycles. The SMILES string of the molecule is c1ccc(COCc2c(-c3ccccc3)ncn2Cc2nnc3n2CCC3)cc1. The van der Waals surface area contributed by atoms with Gasteiger partial charge in [0.15, 0.2) is 5.82 Å². The second kappa shape index (κ2) is 8.01. The maximum absolute atomic E-state index is 6.08. The van der Waals surface area contributed by atoms with Crippen LogP contribution in [0.3, 0.4) is 0 Å². The summed E-state index contributed by atoms with van der Waals surface area (Å²) in [5.74, 6) is 2.07. The highest BCUT2D eigenvalue weighted by atomic mass is 16.5. The lowest BCUT2D eigenvalue weighted by Crippen LogP contribution is -2.11. The number of aryl methyl sites for hydroxylation is 1. The summed E-state index contributed by atoms with van der Waals surface area (Å²) < 4.78 is 10.4. The fourth-order valence-corrected chi connectivity index (χ4v) is 3.85. The highest BCUT2D eigenvalue weighted by molar-refractivity contribution is 5.61. The number of hydrogen-bond acceptors (Lipinski definition) is 4. The molecular weight excluding hydrogens is 362 g/mol. The second-order valence-corrected chi connectivity index (χ2v) is 7.30. The van der Waals surface area contributed by atoms with Crippen LogP contribution in [0.5, 0.6) is 0 Å². The molecule has 6 heteroatoms. The van der Waals surface area contributed by atoms with E-state index in [-0.39, 0.29) is 0 Å². The van der Waals surface area contributed by atoms with Gasteiger partial charge in [0.1, 0.15) is 5.82 Å². The van der Waals surface area contributed by atoms with Crippen LogP contribution >= 0.6 is 0 Å². The number of hydrogen-bond donors (Lipinski definition) is 0. The maximum Gasteiger partial charge on any atom is 0.153 e. The highest BCUT2D eigenvalue weighted by Gasteiger charge is 2.20. The standard InChI is InChI=1S/C23H23N5O/c1-3-8-18(9-4-1)15-29-16-20-23(19-10-5-2-6-11-19)24-17-27(20)14-22-26-25-21-12-7-13-28(21)22/h1-6,8-11,17H,7,12-16H2. The van der Waals surface area contributed by atoms with Crippen molar-refractivity contribution in [3.05, 3.63) is 89.9 Å². The van der Waals surface area contributed by atoms with E-state index in [0.29, 0.717) is 19.8 Å². The summed E-state index contributed by atoms with van der Waals surface area (Å²) >= 11 is 0. The van der Waals surface area contributed by atoms with Crippen molar-refractivity contribution in [2.24, 2.45) is 0 Å². The molecule has 2 aromatic heterocycles. The monoisotopic (exact) mass is 385 g/mol. The van der Waals surface area contributed by atoms with E-state index >= 15 is 0 Å². The molecule has 5 rings (SSSR count). The van der Waals surface area contributed by atoms with Crippen molar-refractivity contribution < 1.29 is 4.74 Å². The Labute approximate surface area is 169 Å². The number of benzene rings is 2. The first-order chi connectivity index (χ1) is 14.4. The molecule has 0 N–H and O–H groups in total. The van der Waals surface area contributed by atoms with E-state index in [0.717, 1.165) is 53.5 Å². The number of ether oxygens (including phenoxy) is 1. The molecule has 6 nitrogen and oxygen atoms in total. The van der Waals surface area contributed by atoms with Gasteiger partial charge in [0.05, 0.1) is 37.5 Å². The third kappa shape index (κ3) is 3.71. The normalized spacial score (nSPS) is 13.0. The van der Waals surface area contributed by atoms with Gasteiger partial charge in [-0.15, -0.1) is 10.2 Å². The van der Waals surface area contributed by atoms with Gasteiger partial charge >= 0.3 is 0 Å². The van der Waals surface area contributed by atoms with Crippen LogP contribution in [0.2, 0.25) is 0 Å². The van der Waals surface area contributed by atoms with Gasteiger partial charge in [0.2, 0.25) is 0 Å². The van der Waals surface area contributed by atoms with Crippen molar-refractivity contribution in [1.82, 2.24) is 24.3 Å². The lowest BCUT2D eigenvalue weighted by atomic mass is 10.1. The molecule has 0 saturated heterocycles. The maximum atomic E-state index is 6.08. The lowest BCUT2D eigenvalue weighted by molar-refractivity contribution is 0.103. The van der Waals surface area contributed by atoms with E-state index in [2.05, 4.69) is 43.6 Å². The van der Waals surface area contributed by atoms with Gasteiger partial charge in [-0.2, -0.15) is 0 Å². The van der Waals surface area contributed by atoms with Gasteiger partial charge in [-0.1, -0.05) is 60.7 Å². The molecule has 0 amide bonds. The summed E-state index contributed by atoms with van der Waals surface area (Å²) in [5.41, 5.74) is 4.27. The van der Waals surface area contributed by atoms with Crippen molar-refractivity contribution in [2.45, 2.75) is 39.1 Å². The highest BCUT2D eigenvalue weighted by Crippen LogP contribution is 2.24. The summed E-state index contributed by atoms with van der Waals surface area (Å²) in [7, 11) is 0. The van der Waals surface area contributed by atoms with Crippen LogP contribution in [-0.4, -0.2) is 24.3 Å². The van der Waals surface area contributed by atoms with Crippen molar-refractivity contribution >= 4 is 0 Å². The minimum atomic E-state index is 0.486. The summed E-state index contributed by atoms with van der Waals surface area (Å²) in [6, 6.07) is 20.5. The summed E-state index contributed by atoms with van der Waals surface area (Å²) in [6.45, 7) is 2.70. The van der Waals surface area contributed by atoms with Crippen LogP contribution in [0.15, 0.2) is 67.0 Å². The third-order valence-corrected chi connectivity index (χ3v) is 5.34. The Morgan fingerprint density at radius 3 is 2.52 bits per heavy atom. The predicted octanol–water partition coefficient (Wildman–Crippen LogP) is 3.85. The fourth-order valence-electron chi connectivity index (χ4n) is 3.85. The summed E-state index contributed by atoms with van der Waals surface area (Å²) in [5, 5.41) is 8.74. The molecule has 146 valence electrons. The Balaban J connectivity index is 1.42. The van der Waals surface area contributed by atoms with Gasteiger partial charge in [-0.25, -0.2) is 4.98 Å². The Morgan fingerprint density at radius 1 is 0.897 bits per heavy atom. The summed E-state index contributed by atoms with van der Waals surface area (Å²) in [6.07, 6.45) is 4.05. The molecule has 0 spiro atoms. The third-order valence-electron chi connectivity index (χ3n) is 5.34. The fraction of sp³-hybridized carbons (Fsp3) is 0.261. The van der Waals surface area contributed by atoms with Gasteiger partial charge < -0.3 is 13.9 Å². The predicted molar refractivity (Wildman–Crippen MR) is 110 cm³/mol. The number of imidazole rings is 1. The van der Waals surface area contributed by atoms with E-state index < -0.39 is 0 Å². The van der Waals surface area contributed by atoms with Gasteiger partial charge in [-0.3, -0.25) is 0 Å². The number of aromatic nitrogens is 5.